The maximum atomic E-state index is 14.1. The van der Waals surface area contributed by atoms with Crippen LogP contribution in [0.1, 0.15) is 27.5 Å². The molecule has 2 fully saturated rings. The Bertz CT molecular complexity index is 1660. The molecule has 0 radical (unpaired) electrons. The molecule has 7 nitrogen and oxygen atoms in total. The van der Waals surface area contributed by atoms with Gasteiger partial charge in [0.2, 0.25) is 11.8 Å². The number of carbonyl (C=O) groups excluding carboxylic acids is 3. The number of anilines is 1. The Kier molecular flexibility index (Phi) is 4.94. The highest BCUT2D eigenvalue weighted by Crippen LogP contribution is 2.53. The first-order valence-corrected chi connectivity index (χ1v) is 12.5. The zero-order valence-electron chi connectivity index (χ0n) is 20.5. The molecule has 3 aliphatic heterocycles. The van der Waals surface area contributed by atoms with E-state index in [9.17, 15) is 14.4 Å². The van der Waals surface area contributed by atoms with Crippen LogP contribution in [0.5, 0.6) is 5.75 Å². The smallest absolute Gasteiger partial charge is 0.240 e. The molecule has 0 saturated carbocycles. The summed E-state index contributed by atoms with van der Waals surface area (Å²) in [5.41, 5.74) is 2.73. The van der Waals surface area contributed by atoms with E-state index >= 15 is 0 Å². The van der Waals surface area contributed by atoms with Gasteiger partial charge in [0.15, 0.2) is 5.78 Å². The third-order valence-electron chi connectivity index (χ3n) is 7.93. The Balaban J connectivity index is 1.35. The Hall–Kier alpha value is -4.78. The van der Waals surface area contributed by atoms with E-state index in [1.54, 1.807) is 48.7 Å². The largest absolute Gasteiger partial charge is 0.497 e. The van der Waals surface area contributed by atoms with Crippen molar-refractivity contribution in [1.82, 2.24) is 5.01 Å². The summed E-state index contributed by atoms with van der Waals surface area (Å²) in [4.78, 5) is 43.4. The summed E-state index contributed by atoms with van der Waals surface area (Å²) in [5.74, 6) is -1.89. The first-order chi connectivity index (χ1) is 18.6. The molecule has 38 heavy (non-hydrogen) atoms. The van der Waals surface area contributed by atoms with Crippen LogP contribution in [0.3, 0.4) is 0 Å². The number of ether oxygens (including phenoxy) is 1. The number of ketones is 1. The molecule has 0 spiro atoms. The summed E-state index contributed by atoms with van der Waals surface area (Å²) in [5, 5.41) is 8.25. The van der Waals surface area contributed by atoms with Gasteiger partial charge in [-0.3, -0.25) is 19.4 Å². The number of carbonyl (C=O) groups is 3. The van der Waals surface area contributed by atoms with Crippen LogP contribution in [0, 0.1) is 11.8 Å². The van der Waals surface area contributed by atoms with E-state index in [2.05, 4.69) is 5.10 Å². The van der Waals surface area contributed by atoms with Crippen molar-refractivity contribution in [1.29, 1.82) is 0 Å². The van der Waals surface area contributed by atoms with Crippen LogP contribution in [0.2, 0.25) is 0 Å². The molecule has 0 bridgehead atoms. The third-order valence-corrected chi connectivity index (χ3v) is 7.93. The van der Waals surface area contributed by atoms with Crippen molar-refractivity contribution >= 4 is 40.3 Å². The number of fused-ring (bicyclic) bond motifs is 6. The average molecular weight is 502 g/mol. The molecule has 4 aromatic carbocycles. The molecule has 1 unspecified atom stereocenters. The fourth-order valence-electron chi connectivity index (χ4n) is 6.16. The van der Waals surface area contributed by atoms with Crippen molar-refractivity contribution in [2.24, 2.45) is 16.9 Å². The number of methoxy groups -OCH3 is 1. The Morgan fingerprint density at radius 1 is 0.816 bits per heavy atom. The first-order valence-electron chi connectivity index (χ1n) is 12.5. The van der Waals surface area contributed by atoms with Gasteiger partial charge in [0.1, 0.15) is 11.8 Å². The summed E-state index contributed by atoms with van der Waals surface area (Å²) >= 11 is 0. The van der Waals surface area contributed by atoms with Gasteiger partial charge in [0.05, 0.1) is 36.9 Å². The van der Waals surface area contributed by atoms with Crippen LogP contribution < -0.4 is 9.64 Å². The summed E-state index contributed by atoms with van der Waals surface area (Å²) in [7, 11) is 1.56. The quantitative estimate of drug-likeness (QED) is 0.301. The monoisotopic (exact) mass is 501 g/mol. The third kappa shape index (κ3) is 3.14. The molecule has 3 aliphatic rings. The second-order valence-electron chi connectivity index (χ2n) is 9.83. The molecular weight excluding hydrogens is 478 g/mol. The fourth-order valence-corrected chi connectivity index (χ4v) is 6.16. The van der Waals surface area contributed by atoms with Crippen molar-refractivity contribution in [2.75, 3.05) is 12.0 Å². The number of rotatable bonds is 4. The van der Waals surface area contributed by atoms with Gasteiger partial charge < -0.3 is 4.74 Å². The van der Waals surface area contributed by atoms with E-state index in [1.807, 2.05) is 60.7 Å². The lowest BCUT2D eigenvalue weighted by atomic mass is 9.83. The predicted molar refractivity (Wildman–Crippen MR) is 143 cm³/mol. The highest BCUT2D eigenvalue weighted by atomic mass is 16.5. The summed E-state index contributed by atoms with van der Waals surface area (Å²) in [6, 6.07) is 26.5. The summed E-state index contributed by atoms with van der Waals surface area (Å²) in [6.45, 7) is 0. The van der Waals surface area contributed by atoms with E-state index in [-0.39, 0.29) is 17.6 Å². The Morgan fingerprint density at radius 2 is 1.53 bits per heavy atom. The number of nitrogens with zero attached hydrogens (tertiary/aromatic N) is 3. The van der Waals surface area contributed by atoms with Crippen molar-refractivity contribution < 1.29 is 19.1 Å². The number of Topliss-reactive ketones (excluding diaryl/α,β-unsaturated/α-hetero) is 1. The molecule has 186 valence electrons. The number of amides is 2. The highest BCUT2D eigenvalue weighted by Gasteiger charge is 2.65. The molecule has 2 saturated heterocycles. The van der Waals surface area contributed by atoms with Gasteiger partial charge in [0, 0.05) is 5.56 Å². The van der Waals surface area contributed by atoms with Crippen LogP contribution >= 0.6 is 0 Å². The SMILES string of the molecule is COc1ccc(C(=O)[C@H]2[C@H]3C(=O)N(c4ccc5ccccc5c4)C(=O)[C@H]3C3c4ccccc4C=NN32)cc1. The van der Waals surface area contributed by atoms with Gasteiger partial charge in [-0.25, -0.2) is 4.90 Å². The molecular formula is C31H23N3O4. The second-order valence-corrected chi connectivity index (χ2v) is 9.83. The second kappa shape index (κ2) is 8.38. The Labute approximate surface area is 218 Å². The average Bonchev–Trinajstić information content (AvgIpc) is 3.44. The molecule has 3 heterocycles. The fraction of sp³-hybridized carbons (Fsp3) is 0.161. The van der Waals surface area contributed by atoms with Crippen LogP contribution in [-0.4, -0.2) is 42.0 Å². The number of hydrazone groups is 1. The minimum Gasteiger partial charge on any atom is -0.497 e. The van der Waals surface area contributed by atoms with E-state index in [0.717, 1.165) is 21.9 Å². The predicted octanol–water partition coefficient (Wildman–Crippen LogP) is 4.61. The van der Waals surface area contributed by atoms with Gasteiger partial charge >= 0.3 is 0 Å². The first kappa shape index (κ1) is 22.4. The van der Waals surface area contributed by atoms with E-state index in [1.165, 1.54) is 4.90 Å². The molecule has 0 N–H and O–H groups in total. The van der Waals surface area contributed by atoms with Gasteiger partial charge in [-0.1, -0.05) is 54.6 Å². The molecule has 4 aromatic rings. The summed E-state index contributed by atoms with van der Waals surface area (Å²) < 4.78 is 5.24. The minimum absolute atomic E-state index is 0.247. The highest BCUT2D eigenvalue weighted by molar-refractivity contribution is 6.25. The standard InChI is InChI=1S/C31H23N3O4/c1-38-23-14-11-19(12-15-23)29(35)28-26-25(27-24-9-5-4-8-21(24)17-32-34(27)28)30(36)33(31(26)37)22-13-10-18-6-2-3-7-20(18)16-22/h2-17,25-28H,1H3/t25-,26+,27?,28-/m1/s1. The lowest BCUT2D eigenvalue weighted by Crippen LogP contribution is -2.44. The number of hydrogen-bond acceptors (Lipinski definition) is 6. The zero-order valence-corrected chi connectivity index (χ0v) is 20.5. The zero-order chi connectivity index (χ0) is 26.0. The van der Waals surface area contributed by atoms with Crippen molar-refractivity contribution in [3.63, 3.8) is 0 Å². The normalized spacial score (nSPS) is 23.4. The van der Waals surface area contributed by atoms with Gasteiger partial charge in [-0.2, -0.15) is 5.10 Å². The lowest BCUT2D eigenvalue weighted by Gasteiger charge is -2.33. The van der Waals surface area contributed by atoms with Crippen molar-refractivity contribution in [3.05, 3.63) is 108 Å². The minimum atomic E-state index is -0.912. The van der Waals surface area contributed by atoms with E-state index in [4.69, 9.17) is 4.74 Å². The number of imide groups is 1. The lowest BCUT2D eigenvalue weighted by molar-refractivity contribution is -0.124. The van der Waals surface area contributed by atoms with Gasteiger partial charge in [-0.05, 0) is 58.3 Å². The summed E-state index contributed by atoms with van der Waals surface area (Å²) in [6.07, 6.45) is 1.71. The van der Waals surface area contributed by atoms with Gasteiger partial charge in [0.25, 0.3) is 0 Å². The Morgan fingerprint density at radius 3 is 2.32 bits per heavy atom. The van der Waals surface area contributed by atoms with Gasteiger partial charge in [-0.15, -0.1) is 0 Å². The molecule has 7 heteroatoms. The molecule has 0 aromatic heterocycles. The number of hydrogen-bond donors (Lipinski definition) is 0. The number of benzene rings is 4. The molecule has 7 rings (SSSR count). The van der Waals surface area contributed by atoms with Crippen molar-refractivity contribution in [3.8, 4) is 5.75 Å². The van der Waals surface area contributed by atoms with E-state index in [0.29, 0.717) is 17.0 Å². The van der Waals surface area contributed by atoms with E-state index < -0.39 is 23.9 Å². The molecule has 4 atom stereocenters. The van der Waals surface area contributed by atoms with Crippen LogP contribution in [0.25, 0.3) is 10.8 Å². The van der Waals surface area contributed by atoms with Crippen molar-refractivity contribution in [2.45, 2.75) is 12.1 Å². The molecule has 0 aliphatic carbocycles. The van der Waals surface area contributed by atoms with Crippen LogP contribution in [0.4, 0.5) is 5.69 Å². The van der Waals surface area contributed by atoms with Crippen LogP contribution in [0.15, 0.2) is 96.1 Å². The van der Waals surface area contributed by atoms with Crippen LogP contribution in [-0.2, 0) is 9.59 Å². The topological polar surface area (TPSA) is 79.3 Å². The maximum Gasteiger partial charge on any atom is 0.240 e. The maximum absolute atomic E-state index is 14.1. The molecule has 2 amide bonds.